The number of benzene rings is 1. The fraction of sp³-hybridized carbons (Fsp3) is 0.250. The molecule has 0 amide bonds. The molecule has 0 N–H and O–H groups in total. The molecule has 7 heteroatoms. The van der Waals surface area contributed by atoms with Crippen LogP contribution in [0, 0.1) is 5.82 Å². The number of aromatic nitrogens is 2. The lowest BCUT2D eigenvalue weighted by molar-refractivity contribution is 0.0394. The number of thiazole rings is 1. The van der Waals surface area contributed by atoms with Gasteiger partial charge in [-0.3, -0.25) is 4.98 Å². The zero-order valence-electron chi connectivity index (χ0n) is 12.1. The topological polar surface area (TPSA) is 38.2 Å². The van der Waals surface area contributed by atoms with Gasteiger partial charge < -0.3 is 9.64 Å². The summed E-state index contributed by atoms with van der Waals surface area (Å²) in [5.41, 5.74) is 0.824. The molecule has 118 valence electrons. The quantitative estimate of drug-likeness (QED) is 0.699. The summed E-state index contributed by atoms with van der Waals surface area (Å²) in [6, 6.07) is 5.24. The minimum Gasteiger partial charge on any atom is -0.367 e. The van der Waals surface area contributed by atoms with Gasteiger partial charge in [0.1, 0.15) is 16.6 Å². The molecule has 0 spiro atoms. The van der Waals surface area contributed by atoms with Crippen LogP contribution in [0.2, 0.25) is 5.02 Å². The minimum absolute atomic E-state index is 0.133. The van der Waals surface area contributed by atoms with Gasteiger partial charge >= 0.3 is 0 Å². The molecule has 1 saturated heterocycles. The second-order valence-corrected chi connectivity index (χ2v) is 6.60. The van der Waals surface area contributed by atoms with Crippen LogP contribution in [0.1, 0.15) is 11.1 Å². The highest BCUT2D eigenvalue weighted by Gasteiger charge is 2.26. The second kappa shape index (κ2) is 6.03. The highest BCUT2D eigenvalue weighted by molar-refractivity contribution is 7.09. The molecule has 4 rings (SSSR count). The third kappa shape index (κ3) is 2.67. The van der Waals surface area contributed by atoms with E-state index in [2.05, 4.69) is 9.97 Å². The Morgan fingerprint density at radius 1 is 1.26 bits per heavy atom. The summed E-state index contributed by atoms with van der Waals surface area (Å²) in [5, 5.41) is 3.96. The van der Waals surface area contributed by atoms with Gasteiger partial charge in [-0.2, -0.15) is 0 Å². The van der Waals surface area contributed by atoms with Gasteiger partial charge in [-0.05, 0) is 18.2 Å². The Kier molecular flexibility index (Phi) is 3.88. The van der Waals surface area contributed by atoms with Crippen molar-refractivity contribution < 1.29 is 9.13 Å². The molecule has 0 bridgehead atoms. The summed E-state index contributed by atoms with van der Waals surface area (Å²) < 4.78 is 20.7. The maximum atomic E-state index is 14.9. The highest BCUT2D eigenvalue weighted by atomic mass is 35.5. The lowest BCUT2D eigenvalue weighted by atomic mass is 10.1. The van der Waals surface area contributed by atoms with Gasteiger partial charge in [0.2, 0.25) is 0 Å². The van der Waals surface area contributed by atoms with Crippen molar-refractivity contribution in [2.75, 3.05) is 24.6 Å². The van der Waals surface area contributed by atoms with E-state index in [1.807, 2.05) is 16.3 Å². The number of ether oxygens (including phenoxy) is 1. The van der Waals surface area contributed by atoms with Crippen LogP contribution in [0.25, 0.3) is 10.9 Å². The van der Waals surface area contributed by atoms with Gasteiger partial charge in [-0.15, -0.1) is 11.3 Å². The molecular weight excluding hydrogens is 337 g/mol. The molecule has 1 aliphatic heterocycles. The van der Waals surface area contributed by atoms with Crippen molar-refractivity contribution >= 4 is 39.5 Å². The number of halogens is 2. The maximum absolute atomic E-state index is 14.9. The zero-order chi connectivity index (χ0) is 15.8. The molecule has 1 fully saturated rings. The summed E-state index contributed by atoms with van der Waals surface area (Å²) in [5.74, 6) is -0.343. The first kappa shape index (κ1) is 14.8. The molecule has 2 aromatic heterocycles. The third-order valence-electron chi connectivity index (χ3n) is 3.91. The lowest BCUT2D eigenvalue weighted by Gasteiger charge is -2.34. The Morgan fingerprint density at radius 3 is 3.00 bits per heavy atom. The van der Waals surface area contributed by atoms with Crippen LogP contribution in [0.3, 0.4) is 0 Å². The molecule has 23 heavy (non-hydrogen) atoms. The number of anilines is 1. The summed E-state index contributed by atoms with van der Waals surface area (Å²) in [6.07, 6.45) is 3.14. The fourth-order valence-corrected chi connectivity index (χ4v) is 3.68. The first-order valence-electron chi connectivity index (χ1n) is 7.22. The van der Waals surface area contributed by atoms with Gasteiger partial charge in [0.25, 0.3) is 0 Å². The fourth-order valence-electron chi connectivity index (χ4n) is 2.80. The van der Waals surface area contributed by atoms with E-state index in [4.69, 9.17) is 16.3 Å². The van der Waals surface area contributed by atoms with Gasteiger partial charge in [-0.1, -0.05) is 11.6 Å². The van der Waals surface area contributed by atoms with E-state index in [0.717, 1.165) is 5.01 Å². The minimum atomic E-state index is -0.343. The molecule has 1 aliphatic rings. The van der Waals surface area contributed by atoms with Crippen molar-refractivity contribution in [3.63, 3.8) is 0 Å². The van der Waals surface area contributed by atoms with Gasteiger partial charge in [0.05, 0.1) is 23.9 Å². The standard InChI is InChI=1S/C16H13ClFN3OS/c17-11-3-4-19-15-10(11)1-2-12(14(15)18)21-6-7-22-13(9-21)16-20-5-8-23-16/h1-5,8,13H,6-7,9H2. The van der Waals surface area contributed by atoms with E-state index in [1.54, 1.807) is 29.7 Å². The van der Waals surface area contributed by atoms with E-state index in [0.29, 0.717) is 41.3 Å². The number of pyridine rings is 1. The van der Waals surface area contributed by atoms with E-state index in [1.165, 1.54) is 6.20 Å². The number of rotatable bonds is 2. The predicted molar refractivity (Wildman–Crippen MR) is 89.7 cm³/mol. The molecule has 1 unspecified atom stereocenters. The predicted octanol–water partition coefficient (Wildman–Crippen LogP) is 4.06. The first-order chi connectivity index (χ1) is 11.2. The van der Waals surface area contributed by atoms with Gasteiger partial charge in [0, 0.05) is 29.7 Å². The van der Waals surface area contributed by atoms with Crippen LogP contribution >= 0.6 is 22.9 Å². The number of hydrogen-bond acceptors (Lipinski definition) is 5. The van der Waals surface area contributed by atoms with Crippen molar-refractivity contribution in [1.29, 1.82) is 0 Å². The van der Waals surface area contributed by atoms with Crippen LogP contribution in [-0.4, -0.2) is 29.7 Å². The third-order valence-corrected chi connectivity index (χ3v) is 5.11. The number of morpholine rings is 1. The summed E-state index contributed by atoms with van der Waals surface area (Å²) in [7, 11) is 0. The Labute approximate surface area is 141 Å². The Hall–Kier alpha value is -1.76. The molecule has 0 aliphatic carbocycles. The largest absolute Gasteiger partial charge is 0.367 e. The molecule has 4 nitrogen and oxygen atoms in total. The molecule has 1 atom stereocenters. The van der Waals surface area contributed by atoms with Crippen LogP contribution in [0.15, 0.2) is 36.0 Å². The molecular formula is C16H13ClFN3OS. The number of hydrogen-bond donors (Lipinski definition) is 0. The van der Waals surface area contributed by atoms with E-state index >= 15 is 0 Å². The number of nitrogens with zero attached hydrogens (tertiary/aromatic N) is 3. The maximum Gasteiger partial charge on any atom is 0.172 e. The lowest BCUT2D eigenvalue weighted by Crippen LogP contribution is -2.38. The van der Waals surface area contributed by atoms with Crippen molar-refractivity contribution in [3.05, 3.63) is 51.8 Å². The molecule has 0 saturated carbocycles. The van der Waals surface area contributed by atoms with E-state index in [-0.39, 0.29) is 11.9 Å². The normalized spacial score (nSPS) is 18.5. The SMILES string of the molecule is Fc1c(N2CCOC(c3nccs3)C2)ccc2c(Cl)ccnc12. The van der Waals surface area contributed by atoms with Crippen molar-refractivity contribution in [2.24, 2.45) is 0 Å². The molecule has 0 radical (unpaired) electrons. The van der Waals surface area contributed by atoms with Crippen LogP contribution in [-0.2, 0) is 4.74 Å². The average Bonchev–Trinajstić information content (AvgIpc) is 3.11. The van der Waals surface area contributed by atoms with Crippen molar-refractivity contribution in [3.8, 4) is 0 Å². The Morgan fingerprint density at radius 2 is 2.17 bits per heavy atom. The monoisotopic (exact) mass is 349 g/mol. The van der Waals surface area contributed by atoms with Crippen LogP contribution in [0.5, 0.6) is 0 Å². The average molecular weight is 350 g/mol. The molecule has 3 heterocycles. The van der Waals surface area contributed by atoms with E-state index < -0.39 is 0 Å². The van der Waals surface area contributed by atoms with E-state index in [9.17, 15) is 4.39 Å². The van der Waals surface area contributed by atoms with Crippen molar-refractivity contribution in [1.82, 2.24) is 9.97 Å². The van der Waals surface area contributed by atoms with Crippen molar-refractivity contribution in [2.45, 2.75) is 6.10 Å². The highest BCUT2D eigenvalue weighted by Crippen LogP contribution is 2.33. The Balaban J connectivity index is 1.70. The van der Waals surface area contributed by atoms with Gasteiger partial charge in [0.15, 0.2) is 5.82 Å². The first-order valence-corrected chi connectivity index (χ1v) is 8.48. The van der Waals surface area contributed by atoms with Gasteiger partial charge in [-0.25, -0.2) is 9.37 Å². The summed E-state index contributed by atoms with van der Waals surface area (Å²) in [6.45, 7) is 1.73. The second-order valence-electron chi connectivity index (χ2n) is 5.26. The molecule has 3 aromatic rings. The Bertz CT molecular complexity index is 843. The number of fused-ring (bicyclic) bond motifs is 1. The van der Waals surface area contributed by atoms with Crippen LogP contribution < -0.4 is 4.90 Å². The molecule has 1 aromatic carbocycles. The summed E-state index contributed by atoms with van der Waals surface area (Å²) >= 11 is 7.66. The summed E-state index contributed by atoms with van der Waals surface area (Å²) in [4.78, 5) is 10.4. The van der Waals surface area contributed by atoms with Crippen LogP contribution in [0.4, 0.5) is 10.1 Å². The smallest absolute Gasteiger partial charge is 0.172 e. The zero-order valence-corrected chi connectivity index (χ0v) is 13.6.